The molecule has 412 valence electrons. The van der Waals surface area contributed by atoms with Crippen LogP contribution in [0.5, 0.6) is 5.75 Å². The number of carbonyl (C=O) groups is 10. The fourth-order valence-corrected chi connectivity index (χ4v) is 7.33. The van der Waals surface area contributed by atoms with Gasteiger partial charge in [0.2, 0.25) is 53.2 Å². The van der Waals surface area contributed by atoms with E-state index in [2.05, 4.69) is 52.5 Å². The Kier molecular flexibility index (Phi) is 26.7. The van der Waals surface area contributed by atoms with Crippen molar-refractivity contribution in [3.05, 3.63) is 48.0 Å². The number of unbranched alkanes of at least 4 members (excludes halogenated alkanes) is 1. The largest absolute Gasteiger partial charge is 0.508 e. The number of aliphatic hydroxyl groups is 1. The molecule has 0 fully saturated rings. The average Bonchev–Trinajstić information content (AvgIpc) is 3.86. The Labute approximate surface area is 430 Å². The number of carboxylic acid groups (broad SMARTS) is 1. The van der Waals surface area contributed by atoms with Gasteiger partial charge in [-0.3, -0.25) is 43.2 Å². The average molecular weight is 1040 g/mol. The summed E-state index contributed by atoms with van der Waals surface area (Å²) < 4.78 is 0. The topological polar surface area (TPSA) is 434 Å². The highest BCUT2D eigenvalue weighted by Gasteiger charge is 2.36. The van der Waals surface area contributed by atoms with Gasteiger partial charge in [-0.15, -0.1) is 0 Å². The lowest BCUT2D eigenvalue weighted by atomic mass is 9.96. The van der Waals surface area contributed by atoms with Gasteiger partial charge in [-0.1, -0.05) is 66.5 Å². The molecule has 10 unspecified atom stereocenters. The van der Waals surface area contributed by atoms with Crippen LogP contribution in [-0.2, 0) is 60.8 Å². The van der Waals surface area contributed by atoms with Crippen LogP contribution in [0.1, 0.15) is 98.2 Å². The fourth-order valence-electron chi connectivity index (χ4n) is 7.33. The van der Waals surface area contributed by atoms with Crippen LogP contribution in [0.3, 0.4) is 0 Å². The smallest absolute Gasteiger partial charge is 0.326 e. The van der Waals surface area contributed by atoms with Crippen LogP contribution in [-0.4, -0.2) is 152 Å². The SMILES string of the molecule is CCC(C)C(NC(=O)C(Cc1ccc(O)cc1)NC(=O)C(N)CCCCN)C(=O)NC(Cc1cnc[nH]1)C(=O)NC(CO)C(=O)NC(C)C(=O)NC(CC(N)=O)C(=O)NC(C(=O)NC(CC(C)C)C(=O)O)C(C)C. The number of imidazole rings is 1. The number of hydrogen-bond donors (Lipinski definition) is 15. The molecule has 9 amide bonds. The highest BCUT2D eigenvalue weighted by molar-refractivity contribution is 5.99. The first kappa shape index (κ1) is 62.9. The number of aromatic amines is 1. The number of aliphatic hydroxyl groups excluding tert-OH is 1. The number of primary amides is 1. The molecule has 2 rings (SSSR count). The number of nitrogens with zero attached hydrogens (tertiary/aromatic N) is 1. The van der Waals surface area contributed by atoms with Crippen molar-refractivity contribution in [3.63, 3.8) is 0 Å². The van der Waals surface area contributed by atoms with Crippen LogP contribution >= 0.6 is 0 Å². The molecule has 0 saturated heterocycles. The highest BCUT2D eigenvalue weighted by Crippen LogP contribution is 2.15. The van der Waals surface area contributed by atoms with E-state index < -0.39 is 138 Å². The molecular formula is C48H77N13O13. The minimum Gasteiger partial charge on any atom is -0.508 e. The van der Waals surface area contributed by atoms with E-state index in [1.54, 1.807) is 53.7 Å². The molecule has 0 bridgehead atoms. The van der Waals surface area contributed by atoms with Crippen LogP contribution in [0, 0.1) is 17.8 Å². The molecular weight excluding hydrogens is 967 g/mol. The molecule has 26 nitrogen and oxygen atoms in total. The number of aromatic hydroxyl groups is 1. The van der Waals surface area contributed by atoms with Crippen LogP contribution in [0.15, 0.2) is 36.8 Å². The van der Waals surface area contributed by atoms with Crippen LogP contribution in [0.2, 0.25) is 0 Å². The number of H-pyrrole nitrogens is 1. The van der Waals surface area contributed by atoms with Crippen LogP contribution in [0.25, 0.3) is 0 Å². The standard InChI is InChI=1S/C48H77N13O13/c1-8-26(6)39(61-43(68)32(18-28-12-14-30(63)15-13-28)56-41(66)31(50)11-9-10-16-49)47(72)57-33(19-29-21-52-23-53-29)42(67)59-36(22-62)45(70)54-27(7)40(65)55-34(20-37(51)64)44(69)60-38(25(4)5)46(71)58-35(48(73)74)17-24(2)3/h12-15,21,23-27,31-36,38-39,62-63H,8-11,16-20,22,49-50H2,1-7H3,(H2,51,64)(H,52,53)(H,54,70)(H,55,65)(H,56,66)(H,57,72)(H,58,71)(H,59,67)(H,60,69)(H,61,68)(H,73,74). The van der Waals surface area contributed by atoms with Gasteiger partial charge in [0.15, 0.2) is 0 Å². The lowest BCUT2D eigenvalue weighted by molar-refractivity contribution is -0.143. The highest BCUT2D eigenvalue weighted by atomic mass is 16.4. The lowest BCUT2D eigenvalue weighted by Gasteiger charge is -2.29. The van der Waals surface area contributed by atoms with E-state index in [0.717, 1.165) is 0 Å². The van der Waals surface area contributed by atoms with Gasteiger partial charge >= 0.3 is 5.97 Å². The quantitative estimate of drug-likeness (QED) is 0.0316. The molecule has 0 aliphatic carbocycles. The number of phenols is 1. The number of hydrogen-bond acceptors (Lipinski definition) is 15. The summed E-state index contributed by atoms with van der Waals surface area (Å²) >= 11 is 0. The molecule has 74 heavy (non-hydrogen) atoms. The number of nitrogens with two attached hydrogens (primary N) is 3. The van der Waals surface area contributed by atoms with Crippen molar-refractivity contribution >= 4 is 59.1 Å². The van der Waals surface area contributed by atoms with Gasteiger partial charge in [0.1, 0.15) is 54.1 Å². The Morgan fingerprint density at radius 2 is 1.18 bits per heavy atom. The van der Waals surface area contributed by atoms with Gasteiger partial charge in [-0.2, -0.15) is 0 Å². The number of carbonyl (C=O) groups excluding carboxylic acids is 9. The summed E-state index contributed by atoms with van der Waals surface area (Å²) in [6.45, 7) is 10.7. The van der Waals surface area contributed by atoms with E-state index in [1.165, 1.54) is 31.6 Å². The number of amides is 9. The van der Waals surface area contributed by atoms with E-state index in [1.807, 2.05) is 0 Å². The molecule has 0 spiro atoms. The minimum atomic E-state index is -1.74. The maximum Gasteiger partial charge on any atom is 0.326 e. The third-order valence-electron chi connectivity index (χ3n) is 11.9. The molecule has 18 N–H and O–H groups in total. The van der Waals surface area contributed by atoms with E-state index in [9.17, 15) is 63.3 Å². The Bertz CT molecular complexity index is 2190. The third-order valence-corrected chi connectivity index (χ3v) is 11.9. The van der Waals surface area contributed by atoms with Gasteiger partial charge in [-0.05, 0) is 68.2 Å². The molecule has 0 aliphatic heterocycles. The number of rotatable bonds is 33. The summed E-state index contributed by atoms with van der Waals surface area (Å²) in [6, 6.07) is -6.57. The Balaban J connectivity index is 2.30. The maximum absolute atomic E-state index is 14.2. The number of phenolic OH excluding ortho intramolecular Hbond substituents is 1. The summed E-state index contributed by atoms with van der Waals surface area (Å²) in [5.74, 6) is -10.8. The molecule has 0 saturated carbocycles. The van der Waals surface area contributed by atoms with E-state index in [-0.39, 0.29) is 30.9 Å². The molecule has 2 aromatic rings. The Morgan fingerprint density at radius 3 is 1.72 bits per heavy atom. The second-order valence-electron chi connectivity index (χ2n) is 19.0. The van der Waals surface area contributed by atoms with Gasteiger partial charge in [-0.25, -0.2) is 9.78 Å². The van der Waals surface area contributed by atoms with Gasteiger partial charge in [0, 0.05) is 24.7 Å². The van der Waals surface area contributed by atoms with Crippen molar-refractivity contribution in [1.29, 1.82) is 0 Å². The van der Waals surface area contributed by atoms with Crippen LogP contribution < -0.4 is 59.7 Å². The van der Waals surface area contributed by atoms with Crippen molar-refractivity contribution in [2.45, 2.75) is 154 Å². The predicted molar refractivity (Wildman–Crippen MR) is 268 cm³/mol. The zero-order valence-electron chi connectivity index (χ0n) is 43.1. The first-order chi connectivity index (χ1) is 34.8. The lowest BCUT2D eigenvalue weighted by Crippen LogP contribution is -2.62. The Hall–Kier alpha value is -7.19. The number of carboxylic acids is 1. The monoisotopic (exact) mass is 1040 g/mol. The first-order valence-electron chi connectivity index (χ1n) is 24.6. The normalized spacial score (nSPS) is 15.3. The van der Waals surface area contributed by atoms with Gasteiger partial charge < -0.3 is 80.0 Å². The number of aromatic nitrogens is 2. The van der Waals surface area contributed by atoms with E-state index in [0.29, 0.717) is 43.5 Å². The first-order valence-corrected chi connectivity index (χ1v) is 24.6. The minimum absolute atomic E-state index is 0.0272. The summed E-state index contributed by atoms with van der Waals surface area (Å²) in [5, 5.41) is 49.6. The Morgan fingerprint density at radius 1 is 0.649 bits per heavy atom. The number of benzene rings is 1. The maximum atomic E-state index is 14.2. The van der Waals surface area contributed by atoms with E-state index >= 15 is 0 Å². The van der Waals surface area contributed by atoms with Crippen molar-refractivity contribution in [3.8, 4) is 5.75 Å². The van der Waals surface area contributed by atoms with Crippen molar-refractivity contribution in [2.75, 3.05) is 13.2 Å². The summed E-state index contributed by atoms with van der Waals surface area (Å²) in [4.78, 5) is 140. The third kappa shape index (κ3) is 21.5. The number of aliphatic carboxylic acids is 1. The predicted octanol–water partition coefficient (Wildman–Crippen LogP) is -3.04. The van der Waals surface area contributed by atoms with Crippen molar-refractivity contribution in [2.24, 2.45) is 35.0 Å². The molecule has 1 aromatic heterocycles. The van der Waals surface area contributed by atoms with Crippen LogP contribution in [0.4, 0.5) is 0 Å². The zero-order valence-corrected chi connectivity index (χ0v) is 43.1. The van der Waals surface area contributed by atoms with Gasteiger partial charge in [0.05, 0.1) is 25.4 Å². The van der Waals surface area contributed by atoms with Crippen molar-refractivity contribution in [1.82, 2.24) is 52.5 Å². The van der Waals surface area contributed by atoms with Gasteiger partial charge in [0.25, 0.3) is 0 Å². The fraction of sp³-hybridized carbons (Fsp3) is 0.604. The second-order valence-corrected chi connectivity index (χ2v) is 19.0. The molecule has 1 heterocycles. The molecule has 0 radical (unpaired) electrons. The summed E-state index contributed by atoms with van der Waals surface area (Å²) in [5.41, 5.74) is 18.0. The number of nitrogens with one attached hydrogen (secondary N) is 9. The van der Waals surface area contributed by atoms with Crippen molar-refractivity contribution < 1.29 is 63.3 Å². The zero-order chi connectivity index (χ0) is 55.8. The molecule has 10 atom stereocenters. The molecule has 0 aliphatic rings. The summed E-state index contributed by atoms with van der Waals surface area (Å²) in [6.07, 6.45) is 3.58. The summed E-state index contributed by atoms with van der Waals surface area (Å²) in [7, 11) is 0. The second kappa shape index (κ2) is 31.4. The molecule has 26 heteroatoms. The van der Waals surface area contributed by atoms with E-state index in [4.69, 9.17) is 17.2 Å². The molecule has 1 aromatic carbocycles.